The Labute approximate surface area is 108 Å². The van der Waals surface area contributed by atoms with E-state index in [9.17, 15) is 4.79 Å². The molecule has 0 saturated carbocycles. The maximum atomic E-state index is 11.5. The predicted octanol–water partition coefficient (Wildman–Crippen LogP) is 1.55. The van der Waals surface area contributed by atoms with Crippen molar-refractivity contribution in [1.82, 2.24) is 5.32 Å². The number of carbonyl (C=O) groups is 1. The summed E-state index contributed by atoms with van der Waals surface area (Å²) in [5, 5.41) is 2.83. The Morgan fingerprint density at radius 3 is 3.11 bits per heavy atom. The van der Waals surface area contributed by atoms with Gasteiger partial charge in [0.2, 0.25) is 5.91 Å². The van der Waals surface area contributed by atoms with Crippen LogP contribution in [0.5, 0.6) is 0 Å². The van der Waals surface area contributed by atoms with E-state index in [2.05, 4.69) is 16.3 Å². The number of nitrogens with two attached hydrogens (primary N) is 1. The Morgan fingerprint density at radius 2 is 2.33 bits per heavy atom. The molecule has 18 heavy (non-hydrogen) atoms. The van der Waals surface area contributed by atoms with Crippen molar-refractivity contribution in [1.29, 1.82) is 0 Å². The Bertz CT molecular complexity index is 431. The number of hydrogen-bond donors (Lipinski definition) is 2. The Morgan fingerprint density at radius 1 is 1.50 bits per heavy atom. The molecule has 1 aliphatic heterocycles. The first-order valence-electron chi connectivity index (χ1n) is 6.60. The number of hydrogen-bond acceptors (Lipinski definition) is 3. The number of nitrogens with zero attached hydrogens (tertiary/aromatic N) is 1. The van der Waals surface area contributed by atoms with Gasteiger partial charge in [0.1, 0.15) is 0 Å². The van der Waals surface area contributed by atoms with Gasteiger partial charge in [0, 0.05) is 37.4 Å². The van der Waals surface area contributed by atoms with E-state index in [1.165, 1.54) is 11.3 Å². The highest BCUT2D eigenvalue weighted by Crippen LogP contribution is 2.29. The van der Waals surface area contributed by atoms with Crippen molar-refractivity contribution in [2.45, 2.75) is 26.2 Å². The van der Waals surface area contributed by atoms with Gasteiger partial charge in [-0.05, 0) is 37.5 Å². The maximum absolute atomic E-state index is 11.5. The van der Waals surface area contributed by atoms with Crippen molar-refractivity contribution in [3.05, 3.63) is 23.8 Å². The third-order valence-corrected chi connectivity index (χ3v) is 3.31. The van der Waals surface area contributed by atoms with Crippen LogP contribution in [-0.2, 0) is 11.2 Å². The molecule has 1 aromatic rings. The van der Waals surface area contributed by atoms with Crippen molar-refractivity contribution < 1.29 is 4.79 Å². The van der Waals surface area contributed by atoms with Crippen molar-refractivity contribution >= 4 is 17.3 Å². The summed E-state index contributed by atoms with van der Waals surface area (Å²) >= 11 is 0. The zero-order chi connectivity index (χ0) is 13.0. The van der Waals surface area contributed by atoms with E-state index in [-0.39, 0.29) is 5.91 Å². The molecule has 0 saturated heterocycles. The molecule has 0 fully saturated rings. The molecular weight excluding hydrogens is 226 g/mol. The lowest BCUT2D eigenvalue weighted by molar-refractivity contribution is -0.120. The molecule has 0 unspecified atom stereocenters. The Hall–Kier alpha value is -1.71. The summed E-state index contributed by atoms with van der Waals surface area (Å²) in [5.74, 6) is 0.119. The summed E-state index contributed by atoms with van der Waals surface area (Å²) in [7, 11) is 0. The molecule has 1 heterocycles. The van der Waals surface area contributed by atoms with Crippen LogP contribution in [0.4, 0.5) is 11.4 Å². The largest absolute Gasteiger partial charge is 0.399 e. The van der Waals surface area contributed by atoms with Gasteiger partial charge in [-0.25, -0.2) is 0 Å². The number of fused-ring (bicyclic) bond motifs is 1. The van der Waals surface area contributed by atoms with Crippen molar-refractivity contribution in [3.8, 4) is 0 Å². The van der Waals surface area contributed by atoms with Crippen molar-refractivity contribution in [3.63, 3.8) is 0 Å². The molecule has 0 radical (unpaired) electrons. The fourth-order valence-electron chi connectivity index (χ4n) is 2.42. The number of nitrogens with one attached hydrogen (secondary N) is 1. The van der Waals surface area contributed by atoms with E-state index >= 15 is 0 Å². The molecular formula is C14H21N3O. The molecule has 0 aliphatic carbocycles. The lowest BCUT2D eigenvalue weighted by Gasteiger charge is -2.31. The van der Waals surface area contributed by atoms with Crippen molar-refractivity contribution in [2.24, 2.45) is 0 Å². The molecule has 0 spiro atoms. The van der Waals surface area contributed by atoms with Gasteiger partial charge in [-0.15, -0.1) is 0 Å². The van der Waals surface area contributed by atoms with E-state index in [4.69, 9.17) is 5.73 Å². The lowest BCUT2D eigenvalue weighted by atomic mass is 10.0. The van der Waals surface area contributed by atoms with Crippen LogP contribution in [0, 0.1) is 0 Å². The lowest BCUT2D eigenvalue weighted by Crippen LogP contribution is -2.34. The van der Waals surface area contributed by atoms with Crippen LogP contribution in [0.3, 0.4) is 0 Å². The fraction of sp³-hybridized carbons (Fsp3) is 0.500. The second-order valence-corrected chi connectivity index (χ2v) is 4.68. The van der Waals surface area contributed by atoms with Crippen LogP contribution in [-0.4, -0.2) is 25.5 Å². The normalized spacial score (nSPS) is 14.2. The van der Waals surface area contributed by atoms with Crippen molar-refractivity contribution in [2.75, 3.05) is 30.3 Å². The number of nitrogen functional groups attached to an aromatic ring is 1. The maximum Gasteiger partial charge on any atom is 0.221 e. The summed E-state index contributed by atoms with van der Waals surface area (Å²) in [5.41, 5.74) is 9.17. The second kappa shape index (κ2) is 5.76. The van der Waals surface area contributed by atoms with E-state index in [0.717, 1.165) is 31.6 Å². The highest BCUT2D eigenvalue weighted by molar-refractivity contribution is 5.76. The molecule has 98 valence electrons. The highest BCUT2D eigenvalue weighted by Gasteiger charge is 2.17. The average Bonchev–Trinajstić information content (AvgIpc) is 2.36. The molecule has 1 aromatic carbocycles. The van der Waals surface area contributed by atoms with Gasteiger partial charge < -0.3 is 16.0 Å². The third kappa shape index (κ3) is 2.94. The molecule has 2 rings (SSSR count). The predicted molar refractivity (Wildman–Crippen MR) is 74.7 cm³/mol. The third-order valence-electron chi connectivity index (χ3n) is 3.31. The minimum Gasteiger partial charge on any atom is -0.399 e. The highest BCUT2D eigenvalue weighted by atomic mass is 16.1. The number of amides is 1. The number of aryl methyl sites for hydroxylation is 1. The summed E-state index contributed by atoms with van der Waals surface area (Å²) in [6, 6.07) is 6.07. The first-order valence-corrected chi connectivity index (χ1v) is 6.60. The minimum absolute atomic E-state index is 0.119. The summed E-state index contributed by atoms with van der Waals surface area (Å²) < 4.78 is 0. The van der Waals surface area contributed by atoms with Gasteiger partial charge in [0.15, 0.2) is 0 Å². The van der Waals surface area contributed by atoms with Gasteiger partial charge in [-0.2, -0.15) is 0 Å². The quantitative estimate of drug-likeness (QED) is 0.794. The molecule has 0 atom stereocenters. The topological polar surface area (TPSA) is 58.4 Å². The first-order chi connectivity index (χ1) is 8.70. The Kier molecular flexibility index (Phi) is 4.07. The van der Waals surface area contributed by atoms with Crippen LogP contribution >= 0.6 is 0 Å². The number of carbonyl (C=O) groups excluding carboxylic acids is 1. The number of anilines is 2. The molecule has 0 bridgehead atoms. The van der Waals surface area contributed by atoms with Gasteiger partial charge in [0.05, 0.1) is 0 Å². The standard InChI is InChI=1S/C14H21N3O/c1-2-16-14(18)7-9-17-8-3-4-11-5-6-12(15)10-13(11)17/h5-6,10H,2-4,7-9,15H2,1H3,(H,16,18). The smallest absolute Gasteiger partial charge is 0.221 e. The van der Waals surface area contributed by atoms with Crippen LogP contribution in [0.1, 0.15) is 25.3 Å². The van der Waals surface area contributed by atoms with Crippen LogP contribution in [0.25, 0.3) is 0 Å². The van der Waals surface area contributed by atoms with Gasteiger partial charge in [-0.3, -0.25) is 4.79 Å². The monoisotopic (exact) mass is 247 g/mol. The molecule has 4 nitrogen and oxygen atoms in total. The summed E-state index contributed by atoms with van der Waals surface area (Å²) in [6.07, 6.45) is 2.79. The zero-order valence-electron chi connectivity index (χ0n) is 10.9. The van der Waals surface area contributed by atoms with E-state index in [1.54, 1.807) is 0 Å². The first kappa shape index (κ1) is 12.7. The van der Waals surface area contributed by atoms with Crippen LogP contribution in [0.2, 0.25) is 0 Å². The average molecular weight is 247 g/mol. The second-order valence-electron chi connectivity index (χ2n) is 4.68. The van der Waals surface area contributed by atoms with Crippen LogP contribution < -0.4 is 16.0 Å². The fourth-order valence-corrected chi connectivity index (χ4v) is 2.42. The van der Waals surface area contributed by atoms with Gasteiger partial charge in [-0.1, -0.05) is 6.07 Å². The van der Waals surface area contributed by atoms with E-state index in [0.29, 0.717) is 13.0 Å². The van der Waals surface area contributed by atoms with E-state index < -0.39 is 0 Å². The zero-order valence-corrected chi connectivity index (χ0v) is 10.9. The van der Waals surface area contributed by atoms with Gasteiger partial charge >= 0.3 is 0 Å². The molecule has 1 amide bonds. The molecule has 4 heteroatoms. The molecule has 3 N–H and O–H groups in total. The SMILES string of the molecule is CCNC(=O)CCN1CCCc2ccc(N)cc21. The number of rotatable bonds is 4. The number of benzene rings is 1. The van der Waals surface area contributed by atoms with E-state index in [1.807, 2.05) is 19.1 Å². The Balaban J connectivity index is 2.03. The molecule has 0 aromatic heterocycles. The van der Waals surface area contributed by atoms with Gasteiger partial charge in [0.25, 0.3) is 0 Å². The van der Waals surface area contributed by atoms with Crippen LogP contribution in [0.15, 0.2) is 18.2 Å². The molecule has 1 aliphatic rings. The minimum atomic E-state index is 0.119. The summed E-state index contributed by atoms with van der Waals surface area (Å²) in [4.78, 5) is 13.8. The summed E-state index contributed by atoms with van der Waals surface area (Å²) in [6.45, 7) is 4.41.